The SMILES string of the molecule is O=C(CC1Cc2ccccc2C1)NC1CCC(O)CC1. The van der Waals surface area contributed by atoms with Gasteiger partial charge < -0.3 is 10.4 Å². The van der Waals surface area contributed by atoms with E-state index >= 15 is 0 Å². The Morgan fingerprint density at radius 3 is 2.30 bits per heavy atom. The van der Waals surface area contributed by atoms with Crippen LogP contribution in [0.4, 0.5) is 0 Å². The van der Waals surface area contributed by atoms with E-state index in [1.54, 1.807) is 0 Å². The Hall–Kier alpha value is -1.35. The van der Waals surface area contributed by atoms with E-state index in [2.05, 4.69) is 29.6 Å². The van der Waals surface area contributed by atoms with E-state index in [1.165, 1.54) is 11.1 Å². The predicted molar refractivity (Wildman–Crippen MR) is 78.4 cm³/mol. The Kier molecular flexibility index (Phi) is 4.06. The monoisotopic (exact) mass is 273 g/mol. The average molecular weight is 273 g/mol. The molecule has 1 aromatic carbocycles. The Bertz CT molecular complexity index is 453. The minimum atomic E-state index is -0.160. The maximum atomic E-state index is 12.1. The van der Waals surface area contributed by atoms with Gasteiger partial charge in [-0.25, -0.2) is 0 Å². The molecule has 0 spiro atoms. The molecule has 3 heteroatoms. The Morgan fingerprint density at radius 1 is 1.10 bits per heavy atom. The van der Waals surface area contributed by atoms with Crippen LogP contribution in [0.15, 0.2) is 24.3 Å². The third-order valence-corrected chi connectivity index (χ3v) is 4.67. The van der Waals surface area contributed by atoms with Gasteiger partial charge in [-0.1, -0.05) is 24.3 Å². The summed E-state index contributed by atoms with van der Waals surface area (Å²) in [6.45, 7) is 0. The van der Waals surface area contributed by atoms with Crippen molar-refractivity contribution >= 4 is 5.91 Å². The highest BCUT2D eigenvalue weighted by Gasteiger charge is 2.25. The zero-order valence-electron chi connectivity index (χ0n) is 11.8. The third kappa shape index (κ3) is 3.21. The molecule has 108 valence electrons. The lowest BCUT2D eigenvalue weighted by Crippen LogP contribution is -2.39. The average Bonchev–Trinajstić information content (AvgIpc) is 2.83. The highest BCUT2D eigenvalue weighted by Crippen LogP contribution is 2.28. The molecule has 3 rings (SSSR count). The third-order valence-electron chi connectivity index (χ3n) is 4.67. The second-order valence-corrected chi connectivity index (χ2v) is 6.32. The van der Waals surface area contributed by atoms with Crippen LogP contribution in [0.25, 0.3) is 0 Å². The number of benzene rings is 1. The number of hydrogen-bond acceptors (Lipinski definition) is 2. The first-order chi connectivity index (χ1) is 9.70. The molecule has 0 heterocycles. The van der Waals surface area contributed by atoms with Crippen molar-refractivity contribution in [3.05, 3.63) is 35.4 Å². The van der Waals surface area contributed by atoms with E-state index in [1.807, 2.05) is 0 Å². The number of aliphatic hydroxyl groups excluding tert-OH is 1. The molecule has 2 N–H and O–H groups in total. The molecule has 0 aromatic heterocycles. The minimum absolute atomic E-state index is 0.160. The molecule has 1 saturated carbocycles. The van der Waals surface area contributed by atoms with E-state index in [-0.39, 0.29) is 18.1 Å². The van der Waals surface area contributed by atoms with E-state index in [0.717, 1.165) is 38.5 Å². The van der Waals surface area contributed by atoms with Gasteiger partial charge in [0.2, 0.25) is 5.91 Å². The fourth-order valence-corrected chi connectivity index (χ4v) is 3.56. The number of nitrogens with one attached hydrogen (secondary N) is 1. The predicted octanol–water partition coefficient (Wildman–Crippen LogP) is 2.21. The lowest BCUT2D eigenvalue weighted by Gasteiger charge is -2.26. The summed E-state index contributed by atoms with van der Waals surface area (Å²) in [6, 6.07) is 8.78. The van der Waals surface area contributed by atoms with Gasteiger partial charge in [0.15, 0.2) is 0 Å². The lowest BCUT2D eigenvalue weighted by molar-refractivity contribution is -0.123. The number of hydrogen-bond donors (Lipinski definition) is 2. The summed E-state index contributed by atoms with van der Waals surface area (Å²) in [6.07, 6.45) is 6.01. The van der Waals surface area contributed by atoms with E-state index < -0.39 is 0 Å². The first-order valence-electron chi connectivity index (χ1n) is 7.75. The van der Waals surface area contributed by atoms with E-state index in [9.17, 15) is 9.90 Å². The number of rotatable bonds is 3. The lowest BCUT2D eigenvalue weighted by atomic mass is 9.92. The Balaban J connectivity index is 1.46. The van der Waals surface area contributed by atoms with Gasteiger partial charge in [0.1, 0.15) is 0 Å². The number of carbonyl (C=O) groups is 1. The smallest absolute Gasteiger partial charge is 0.220 e. The van der Waals surface area contributed by atoms with Crippen molar-refractivity contribution in [2.45, 2.75) is 57.1 Å². The molecule has 1 aromatic rings. The quantitative estimate of drug-likeness (QED) is 0.887. The summed E-state index contributed by atoms with van der Waals surface area (Å²) >= 11 is 0. The zero-order chi connectivity index (χ0) is 13.9. The standard InChI is InChI=1S/C17H23NO2/c19-16-7-5-15(6-8-16)18-17(20)11-12-9-13-3-1-2-4-14(13)10-12/h1-4,12,15-16,19H,5-11H2,(H,18,20). The summed E-state index contributed by atoms with van der Waals surface area (Å²) < 4.78 is 0. The minimum Gasteiger partial charge on any atom is -0.393 e. The summed E-state index contributed by atoms with van der Waals surface area (Å²) in [5, 5.41) is 12.6. The molecular weight excluding hydrogens is 250 g/mol. The number of carbonyl (C=O) groups excluding carboxylic acids is 1. The summed E-state index contributed by atoms with van der Waals surface area (Å²) in [7, 11) is 0. The van der Waals surface area contributed by atoms with Crippen molar-refractivity contribution in [1.82, 2.24) is 5.32 Å². The van der Waals surface area contributed by atoms with Crippen LogP contribution < -0.4 is 5.32 Å². The molecule has 2 aliphatic rings. The van der Waals surface area contributed by atoms with Crippen LogP contribution in [0.1, 0.15) is 43.2 Å². The van der Waals surface area contributed by atoms with Gasteiger partial charge >= 0.3 is 0 Å². The van der Waals surface area contributed by atoms with Crippen LogP contribution in [0.2, 0.25) is 0 Å². The van der Waals surface area contributed by atoms with Gasteiger partial charge in [-0.2, -0.15) is 0 Å². The fraction of sp³-hybridized carbons (Fsp3) is 0.588. The summed E-state index contributed by atoms with van der Waals surface area (Å²) in [5.41, 5.74) is 2.82. The Labute approximate surface area is 120 Å². The fourth-order valence-electron chi connectivity index (χ4n) is 3.56. The second-order valence-electron chi connectivity index (χ2n) is 6.32. The van der Waals surface area contributed by atoms with Crippen LogP contribution >= 0.6 is 0 Å². The van der Waals surface area contributed by atoms with Crippen molar-refractivity contribution in [2.75, 3.05) is 0 Å². The van der Waals surface area contributed by atoms with Gasteiger partial charge in [0.05, 0.1) is 6.10 Å². The van der Waals surface area contributed by atoms with E-state index in [0.29, 0.717) is 12.3 Å². The molecule has 0 aliphatic heterocycles. The van der Waals surface area contributed by atoms with Gasteiger partial charge in [-0.3, -0.25) is 4.79 Å². The molecule has 1 fully saturated rings. The largest absolute Gasteiger partial charge is 0.393 e. The normalized spacial score (nSPS) is 26.2. The van der Waals surface area contributed by atoms with Crippen LogP contribution in [-0.2, 0) is 17.6 Å². The van der Waals surface area contributed by atoms with Crippen LogP contribution in [0.3, 0.4) is 0 Å². The molecule has 0 radical (unpaired) electrons. The Morgan fingerprint density at radius 2 is 1.70 bits per heavy atom. The molecule has 2 aliphatic carbocycles. The number of amides is 1. The topological polar surface area (TPSA) is 49.3 Å². The molecule has 1 amide bonds. The van der Waals surface area contributed by atoms with Crippen molar-refractivity contribution in [1.29, 1.82) is 0 Å². The summed E-state index contributed by atoms with van der Waals surface area (Å²) in [5.74, 6) is 0.644. The molecule has 3 nitrogen and oxygen atoms in total. The number of aliphatic hydroxyl groups is 1. The van der Waals surface area contributed by atoms with Crippen molar-refractivity contribution in [3.8, 4) is 0 Å². The van der Waals surface area contributed by atoms with Gasteiger partial charge in [-0.15, -0.1) is 0 Å². The van der Waals surface area contributed by atoms with E-state index in [4.69, 9.17) is 0 Å². The van der Waals surface area contributed by atoms with Crippen molar-refractivity contribution in [2.24, 2.45) is 5.92 Å². The first-order valence-corrected chi connectivity index (χ1v) is 7.75. The van der Waals surface area contributed by atoms with Crippen LogP contribution in [0, 0.1) is 5.92 Å². The highest BCUT2D eigenvalue weighted by atomic mass is 16.3. The van der Waals surface area contributed by atoms with Crippen LogP contribution in [-0.4, -0.2) is 23.2 Å². The van der Waals surface area contributed by atoms with Crippen LogP contribution in [0.5, 0.6) is 0 Å². The van der Waals surface area contributed by atoms with Gasteiger partial charge in [0.25, 0.3) is 0 Å². The molecule has 0 atom stereocenters. The first kappa shape index (κ1) is 13.6. The maximum Gasteiger partial charge on any atom is 0.220 e. The maximum absolute atomic E-state index is 12.1. The van der Waals surface area contributed by atoms with Crippen molar-refractivity contribution in [3.63, 3.8) is 0 Å². The molecule has 0 saturated heterocycles. The van der Waals surface area contributed by atoms with Crippen molar-refractivity contribution < 1.29 is 9.90 Å². The number of fused-ring (bicyclic) bond motifs is 1. The van der Waals surface area contributed by atoms with Gasteiger partial charge in [0, 0.05) is 12.5 Å². The zero-order valence-corrected chi connectivity index (χ0v) is 11.8. The molecule has 0 bridgehead atoms. The highest BCUT2D eigenvalue weighted by molar-refractivity contribution is 5.76. The molecule has 0 unspecified atom stereocenters. The summed E-state index contributed by atoms with van der Waals surface area (Å²) in [4.78, 5) is 12.1. The molecule has 20 heavy (non-hydrogen) atoms. The molecular formula is C17H23NO2. The van der Waals surface area contributed by atoms with Gasteiger partial charge in [-0.05, 0) is 55.6 Å². The second kappa shape index (κ2) is 5.96.